The predicted molar refractivity (Wildman–Crippen MR) is 80.7 cm³/mol. The molecule has 0 aliphatic heterocycles. The van der Waals surface area contributed by atoms with Gasteiger partial charge in [-0.2, -0.15) is 0 Å². The van der Waals surface area contributed by atoms with Crippen molar-refractivity contribution in [3.05, 3.63) is 69.2 Å². The molecule has 0 aromatic heterocycles. The van der Waals surface area contributed by atoms with Crippen LogP contribution in [0.25, 0.3) is 0 Å². The first kappa shape index (κ1) is 13.3. The maximum atomic E-state index is 6.28. The molecule has 2 N–H and O–H groups in total. The summed E-state index contributed by atoms with van der Waals surface area (Å²) < 4.78 is 1.08. The Bertz CT molecular complexity index is 528. The van der Waals surface area contributed by atoms with E-state index in [1.807, 2.05) is 12.1 Å². The lowest BCUT2D eigenvalue weighted by Gasteiger charge is -2.13. The summed E-state index contributed by atoms with van der Waals surface area (Å²) in [6.45, 7) is 4.25. The number of halogens is 1. The van der Waals surface area contributed by atoms with Crippen LogP contribution in [-0.4, -0.2) is 0 Å². The van der Waals surface area contributed by atoms with Crippen molar-refractivity contribution in [2.24, 2.45) is 5.73 Å². The number of hydrogen-bond donors (Lipinski definition) is 1. The molecular weight excluding hydrogens is 286 g/mol. The van der Waals surface area contributed by atoms with Gasteiger partial charge in [0.2, 0.25) is 0 Å². The smallest absolute Gasteiger partial charge is 0.0336 e. The first-order valence-electron chi connectivity index (χ1n) is 6.13. The van der Waals surface area contributed by atoms with Gasteiger partial charge >= 0.3 is 0 Å². The molecule has 0 saturated carbocycles. The summed E-state index contributed by atoms with van der Waals surface area (Å²) in [5.41, 5.74) is 11.3. The first-order valence-corrected chi connectivity index (χ1v) is 6.92. The van der Waals surface area contributed by atoms with Gasteiger partial charge in [0.05, 0.1) is 0 Å². The minimum absolute atomic E-state index is 0.0451. The third kappa shape index (κ3) is 3.44. The standard InChI is InChI=1S/C16H18BrN/c1-11-6-12(2)8-13(7-11)9-16(18)14-4-3-5-15(17)10-14/h3-8,10,16H,9,18H2,1-2H3. The second kappa shape index (κ2) is 5.68. The quantitative estimate of drug-likeness (QED) is 0.898. The molecule has 0 radical (unpaired) electrons. The van der Waals surface area contributed by atoms with Crippen LogP contribution in [0.15, 0.2) is 46.9 Å². The summed E-state index contributed by atoms with van der Waals surface area (Å²) in [6, 6.07) is 14.9. The first-order chi connectivity index (χ1) is 8.54. The largest absolute Gasteiger partial charge is 0.324 e. The summed E-state index contributed by atoms with van der Waals surface area (Å²) >= 11 is 3.48. The average Bonchev–Trinajstić information content (AvgIpc) is 2.27. The fourth-order valence-electron chi connectivity index (χ4n) is 2.30. The topological polar surface area (TPSA) is 26.0 Å². The van der Waals surface area contributed by atoms with Gasteiger partial charge in [-0.25, -0.2) is 0 Å². The lowest BCUT2D eigenvalue weighted by Crippen LogP contribution is -2.13. The Kier molecular flexibility index (Phi) is 4.20. The normalized spacial score (nSPS) is 12.4. The van der Waals surface area contributed by atoms with Gasteiger partial charge in [0.15, 0.2) is 0 Å². The van der Waals surface area contributed by atoms with Crippen molar-refractivity contribution in [3.63, 3.8) is 0 Å². The zero-order valence-electron chi connectivity index (χ0n) is 10.8. The maximum absolute atomic E-state index is 6.28. The summed E-state index contributed by atoms with van der Waals surface area (Å²) in [7, 11) is 0. The average molecular weight is 304 g/mol. The van der Waals surface area contributed by atoms with E-state index in [1.54, 1.807) is 0 Å². The van der Waals surface area contributed by atoms with E-state index in [9.17, 15) is 0 Å². The minimum atomic E-state index is 0.0451. The van der Waals surface area contributed by atoms with Gasteiger partial charge in [-0.3, -0.25) is 0 Å². The third-order valence-corrected chi connectivity index (χ3v) is 3.51. The van der Waals surface area contributed by atoms with Gasteiger partial charge in [0, 0.05) is 10.5 Å². The van der Waals surface area contributed by atoms with Crippen LogP contribution in [0.5, 0.6) is 0 Å². The van der Waals surface area contributed by atoms with Crippen molar-refractivity contribution in [2.75, 3.05) is 0 Å². The van der Waals surface area contributed by atoms with Crippen LogP contribution in [0.2, 0.25) is 0 Å². The van der Waals surface area contributed by atoms with Crippen molar-refractivity contribution in [1.82, 2.24) is 0 Å². The molecule has 0 aliphatic rings. The summed E-state index contributed by atoms with van der Waals surface area (Å²) in [5, 5.41) is 0. The van der Waals surface area contributed by atoms with Crippen molar-refractivity contribution in [2.45, 2.75) is 26.3 Å². The molecule has 1 atom stereocenters. The molecule has 0 saturated heterocycles. The summed E-state index contributed by atoms with van der Waals surface area (Å²) in [4.78, 5) is 0. The molecule has 0 bridgehead atoms. The molecule has 1 unspecified atom stereocenters. The minimum Gasteiger partial charge on any atom is -0.324 e. The number of rotatable bonds is 3. The van der Waals surface area contributed by atoms with Gasteiger partial charge < -0.3 is 5.73 Å². The van der Waals surface area contributed by atoms with Gasteiger partial charge in [-0.15, -0.1) is 0 Å². The number of aryl methyl sites for hydroxylation is 2. The molecule has 18 heavy (non-hydrogen) atoms. The highest BCUT2D eigenvalue weighted by atomic mass is 79.9. The fraction of sp³-hybridized carbons (Fsp3) is 0.250. The van der Waals surface area contributed by atoms with E-state index in [-0.39, 0.29) is 6.04 Å². The second-order valence-electron chi connectivity index (χ2n) is 4.86. The highest BCUT2D eigenvalue weighted by Gasteiger charge is 2.08. The molecule has 0 heterocycles. The van der Waals surface area contributed by atoms with Gasteiger partial charge in [0.1, 0.15) is 0 Å². The van der Waals surface area contributed by atoms with Crippen LogP contribution in [0, 0.1) is 13.8 Å². The van der Waals surface area contributed by atoms with E-state index in [0.717, 1.165) is 10.9 Å². The highest BCUT2D eigenvalue weighted by Crippen LogP contribution is 2.21. The van der Waals surface area contributed by atoms with Crippen molar-refractivity contribution >= 4 is 15.9 Å². The van der Waals surface area contributed by atoms with E-state index in [4.69, 9.17) is 5.73 Å². The molecule has 94 valence electrons. The molecular formula is C16H18BrN. The van der Waals surface area contributed by atoms with E-state index >= 15 is 0 Å². The Hall–Kier alpha value is -1.12. The molecule has 2 rings (SSSR count). The molecule has 2 aromatic rings. The Morgan fingerprint density at radius 2 is 1.72 bits per heavy atom. The van der Waals surface area contributed by atoms with Gasteiger partial charge in [-0.1, -0.05) is 57.4 Å². The van der Waals surface area contributed by atoms with Crippen molar-refractivity contribution in [3.8, 4) is 0 Å². The van der Waals surface area contributed by atoms with E-state index in [0.29, 0.717) is 0 Å². The molecule has 0 spiro atoms. The maximum Gasteiger partial charge on any atom is 0.0336 e. The molecule has 2 aromatic carbocycles. The molecule has 1 nitrogen and oxygen atoms in total. The van der Waals surface area contributed by atoms with E-state index in [2.05, 4.69) is 60.1 Å². The molecule has 0 fully saturated rings. The lowest BCUT2D eigenvalue weighted by molar-refractivity contribution is 0.720. The van der Waals surface area contributed by atoms with Gasteiger partial charge in [0.25, 0.3) is 0 Å². The Morgan fingerprint density at radius 1 is 1.06 bits per heavy atom. The van der Waals surface area contributed by atoms with E-state index in [1.165, 1.54) is 22.3 Å². The van der Waals surface area contributed by atoms with Crippen molar-refractivity contribution in [1.29, 1.82) is 0 Å². The number of benzene rings is 2. The van der Waals surface area contributed by atoms with Crippen LogP contribution in [0.4, 0.5) is 0 Å². The molecule has 2 heteroatoms. The van der Waals surface area contributed by atoms with Crippen LogP contribution in [0.3, 0.4) is 0 Å². The number of nitrogens with two attached hydrogens (primary N) is 1. The van der Waals surface area contributed by atoms with Crippen LogP contribution >= 0.6 is 15.9 Å². The van der Waals surface area contributed by atoms with Crippen LogP contribution in [-0.2, 0) is 6.42 Å². The van der Waals surface area contributed by atoms with Gasteiger partial charge in [-0.05, 0) is 43.5 Å². The van der Waals surface area contributed by atoms with Crippen molar-refractivity contribution < 1.29 is 0 Å². The zero-order valence-corrected chi connectivity index (χ0v) is 12.4. The third-order valence-electron chi connectivity index (χ3n) is 3.01. The highest BCUT2D eigenvalue weighted by molar-refractivity contribution is 9.10. The Morgan fingerprint density at radius 3 is 2.33 bits per heavy atom. The Balaban J connectivity index is 2.18. The summed E-state index contributed by atoms with van der Waals surface area (Å²) in [6.07, 6.45) is 0.874. The summed E-state index contributed by atoms with van der Waals surface area (Å²) in [5.74, 6) is 0. The fourth-order valence-corrected chi connectivity index (χ4v) is 2.71. The monoisotopic (exact) mass is 303 g/mol. The predicted octanol–water partition coefficient (Wildman–Crippen LogP) is 4.31. The molecule has 0 amide bonds. The zero-order chi connectivity index (χ0) is 13.1. The second-order valence-corrected chi connectivity index (χ2v) is 5.78. The molecule has 0 aliphatic carbocycles. The Labute approximate surface area is 117 Å². The number of hydrogen-bond acceptors (Lipinski definition) is 1. The van der Waals surface area contributed by atoms with Crippen LogP contribution < -0.4 is 5.73 Å². The SMILES string of the molecule is Cc1cc(C)cc(CC(N)c2cccc(Br)c2)c1. The van der Waals surface area contributed by atoms with E-state index < -0.39 is 0 Å². The van der Waals surface area contributed by atoms with Crippen LogP contribution in [0.1, 0.15) is 28.3 Å². The lowest BCUT2D eigenvalue weighted by atomic mass is 9.97.